The van der Waals surface area contributed by atoms with Crippen LogP contribution in [-0.2, 0) is 16.0 Å². The van der Waals surface area contributed by atoms with Gasteiger partial charge in [-0.3, -0.25) is 9.20 Å². The second-order valence-corrected chi connectivity index (χ2v) is 5.27. The molecule has 0 amide bonds. The number of imidazole rings is 1. The molecule has 1 aromatic carbocycles. The van der Waals surface area contributed by atoms with Crippen LogP contribution in [0.25, 0.3) is 5.65 Å². The summed E-state index contributed by atoms with van der Waals surface area (Å²) >= 11 is 5.73. The fraction of sp³-hybridized carbons (Fsp3) is 0.125. The van der Waals surface area contributed by atoms with Crippen LogP contribution in [-0.4, -0.2) is 22.5 Å². The second-order valence-electron chi connectivity index (χ2n) is 4.86. The van der Waals surface area contributed by atoms with Gasteiger partial charge in [0.25, 0.3) is 0 Å². The maximum absolute atomic E-state index is 13.2. The number of rotatable bonds is 4. The van der Waals surface area contributed by atoms with Crippen LogP contribution < -0.4 is 0 Å². The van der Waals surface area contributed by atoms with E-state index in [0.29, 0.717) is 22.8 Å². The van der Waals surface area contributed by atoms with Gasteiger partial charge in [-0.15, -0.1) is 10.2 Å². The van der Waals surface area contributed by atoms with E-state index in [9.17, 15) is 9.18 Å². The molecule has 122 valence electrons. The van der Waals surface area contributed by atoms with Gasteiger partial charge >= 0.3 is 5.97 Å². The first kappa shape index (κ1) is 16.1. The van der Waals surface area contributed by atoms with Crippen molar-refractivity contribution in [1.29, 1.82) is 0 Å². The average molecular weight is 347 g/mol. The number of carbonyl (C=O) groups is 1. The molecule has 2 aromatic heterocycles. The summed E-state index contributed by atoms with van der Waals surface area (Å²) in [6.45, 7) is 0. The first-order valence-corrected chi connectivity index (χ1v) is 7.36. The largest absolute Gasteiger partial charge is 0.469 e. The van der Waals surface area contributed by atoms with Gasteiger partial charge in [-0.1, -0.05) is 17.7 Å². The van der Waals surface area contributed by atoms with Crippen molar-refractivity contribution in [2.75, 3.05) is 7.11 Å². The Balaban J connectivity index is 2.02. The van der Waals surface area contributed by atoms with Gasteiger partial charge in [-0.25, -0.2) is 9.37 Å². The van der Waals surface area contributed by atoms with Crippen LogP contribution in [0.2, 0.25) is 5.02 Å². The van der Waals surface area contributed by atoms with Crippen LogP contribution in [0.15, 0.2) is 52.8 Å². The van der Waals surface area contributed by atoms with Gasteiger partial charge in [0, 0.05) is 6.20 Å². The number of nitrogens with zero attached hydrogens (tertiary/aromatic N) is 4. The highest BCUT2D eigenvalue weighted by molar-refractivity contribution is 6.30. The van der Waals surface area contributed by atoms with Crippen molar-refractivity contribution in [2.45, 2.75) is 6.42 Å². The zero-order valence-corrected chi connectivity index (χ0v) is 13.4. The maximum atomic E-state index is 13.2. The van der Waals surface area contributed by atoms with Gasteiger partial charge in [-0.2, -0.15) is 0 Å². The van der Waals surface area contributed by atoms with Crippen molar-refractivity contribution in [2.24, 2.45) is 10.2 Å². The average Bonchev–Trinajstić information content (AvgIpc) is 2.93. The number of methoxy groups -OCH3 is 1. The number of esters is 1. The molecule has 0 spiro atoms. The fourth-order valence-electron chi connectivity index (χ4n) is 2.12. The van der Waals surface area contributed by atoms with Gasteiger partial charge in [-0.05, 0) is 30.3 Å². The fourth-order valence-corrected chi connectivity index (χ4v) is 2.29. The normalized spacial score (nSPS) is 11.3. The van der Waals surface area contributed by atoms with E-state index in [-0.39, 0.29) is 11.4 Å². The standard InChI is InChI=1S/C16H12ClFN4O2/c1-24-15(23)9-13-16(22-7-3-2-4-14(22)19-13)21-20-10-5-6-12(18)11(17)8-10/h2-8H,9H2,1H3. The SMILES string of the molecule is COC(=O)Cc1nc2ccccn2c1N=Nc1ccc(F)c(Cl)c1. The first-order valence-electron chi connectivity index (χ1n) is 6.98. The molecule has 0 bridgehead atoms. The highest BCUT2D eigenvalue weighted by Crippen LogP contribution is 2.26. The Morgan fingerprint density at radius 2 is 2.17 bits per heavy atom. The summed E-state index contributed by atoms with van der Waals surface area (Å²) in [5.74, 6) is -0.562. The molecule has 3 rings (SSSR count). The number of ether oxygens (including phenoxy) is 1. The van der Waals surface area contributed by atoms with Crippen molar-refractivity contribution in [3.8, 4) is 0 Å². The van der Waals surface area contributed by atoms with Crippen molar-refractivity contribution >= 4 is 34.7 Å². The third-order valence-electron chi connectivity index (χ3n) is 3.28. The molecule has 0 saturated heterocycles. The lowest BCUT2D eigenvalue weighted by atomic mass is 10.3. The molecule has 0 aliphatic carbocycles. The number of carbonyl (C=O) groups excluding carboxylic acids is 1. The van der Waals surface area contributed by atoms with Crippen molar-refractivity contribution in [3.05, 3.63) is 59.1 Å². The zero-order valence-electron chi connectivity index (χ0n) is 12.6. The predicted octanol–water partition coefficient (Wildman–Crippen LogP) is 4.26. The Kier molecular flexibility index (Phi) is 4.52. The van der Waals surface area contributed by atoms with Gasteiger partial charge in [0.2, 0.25) is 0 Å². The zero-order chi connectivity index (χ0) is 17.1. The van der Waals surface area contributed by atoms with Crippen molar-refractivity contribution in [1.82, 2.24) is 9.38 Å². The van der Waals surface area contributed by atoms with Crippen LogP contribution in [0.1, 0.15) is 5.69 Å². The highest BCUT2D eigenvalue weighted by Gasteiger charge is 2.15. The number of fused-ring (bicyclic) bond motifs is 1. The molecule has 0 unspecified atom stereocenters. The molecule has 0 fully saturated rings. The Morgan fingerprint density at radius 1 is 1.33 bits per heavy atom. The quantitative estimate of drug-likeness (QED) is 0.523. The van der Waals surface area contributed by atoms with Crippen LogP contribution >= 0.6 is 11.6 Å². The van der Waals surface area contributed by atoms with Crippen LogP contribution in [0, 0.1) is 5.82 Å². The number of aromatic nitrogens is 2. The lowest BCUT2D eigenvalue weighted by Gasteiger charge is -1.99. The second kappa shape index (κ2) is 6.76. The molecule has 0 aliphatic heterocycles. The molecule has 8 heteroatoms. The molecule has 0 N–H and O–H groups in total. The van der Waals surface area contributed by atoms with Gasteiger partial charge < -0.3 is 4.74 Å². The summed E-state index contributed by atoms with van der Waals surface area (Å²) in [5, 5.41) is 8.17. The number of azo groups is 1. The Hall–Kier alpha value is -2.80. The van der Waals surface area contributed by atoms with E-state index < -0.39 is 11.8 Å². The number of hydrogen-bond donors (Lipinski definition) is 0. The molecule has 2 heterocycles. The minimum atomic E-state index is -0.531. The summed E-state index contributed by atoms with van der Waals surface area (Å²) in [5.41, 5.74) is 1.45. The van der Waals surface area contributed by atoms with E-state index in [4.69, 9.17) is 11.6 Å². The number of hydrogen-bond acceptors (Lipinski definition) is 5. The lowest BCUT2D eigenvalue weighted by molar-refractivity contribution is -0.139. The molecule has 6 nitrogen and oxygen atoms in total. The van der Waals surface area contributed by atoms with Gasteiger partial charge in [0.05, 0.1) is 29.9 Å². The summed E-state index contributed by atoms with van der Waals surface area (Å²) < 4.78 is 19.6. The maximum Gasteiger partial charge on any atom is 0.311 e. The molecular formula is C16H12ClFN4O2. The molecule has 0 atom stereocenters. The van der Waals surface area contributed by atoms with E-state index in [2.05, 4.69) is 19.9 Å². The first-order chi connectivity index (χ1) is 11.6. The van der Waals surface area contributed by atoms with E-state index in [1.807, 2.05) is 12.1 Å². The molecule has 0 aliphatic rings. The van der Waals surface area contributed by atoms with Crippen molar-refractivity contribution in [3.63, 3.8) is 0 Å². The number of benzene rings is 1. The number of pyridine rings is 1. The minimum Gasteiger partial charge on any atom is -0.469 e. The van der Waals surface area contributed by atoms with E-state index in [0.717, 1.165) is 0 Å². The third kappa shape index (κ3) is 3.26. The summed E-state index contributed by atoms with van der Waals surface area (Å²) in [4.78, 5) is 15.9. The summed E-state index contributed by atoms with van der Waals surface area (Å²) in [7, 11) is 1.31. The highest BCUT2D eigenvalue weighted by atomic mass is 35.5. The smallest absolute Gasteiger partial charge is 0.311 e. The van der Waals surface area contributed by atoms with Gasteiger partial charge in [0.15, 0.2) is 5.82 Å². The van der Waals surface area contributed by atoms with Gasteiger partial charge in [0.1, 0.15) is 11.5 Å². The monoisotopic (exact) mass is 346 g/mol. The summed E-state index contributed by atoms with van der Waals surface area (Å²) in [6.07, 6.45) is 1.73. The van der Waals surface area contributed by atoms with E-state index in [1.54, 1.807) is 16.7 Å². The number of halogens is 2. The Morgan fingerprint density at radius 3 is 2.92 bits per heavy atom. The molecule has 3 aromatic rings. The van der Waals surface area contributed by atoms with Crippen LogP contribution in [0.3, 0.4) is 0 Å². The summed E-state index contributed by atoms with van der Waals surface area (Å²) in [6, 6.07) is 9.45. The Labute approximate surface area is 141 Å². The third-order valence-corrected chi connectivity index (χ3v) is 3.57. The van der Waals surface area contributed by atoms with E-state index >= 15 is 0 Å². The van der Waals surface area contributed by atoms with Crippen LogP contribution in [0.4, 0.5) is 15.9 Å². The predicted molar refractivity (Wildman–Crippen MR) is 86.5 cm³/mol. The molecule has 0 radical (unpaired) electrons. The van der Waals surface area contributed by atoms with Crippen LogP contribution in [0.5, 0.6) is 0 Å². The minimum absolute atomic E-state index is 0.0310. The lowest BCUT2D eigenvalue weighted by Crippen LogP contribution is -2.04. The van der Waals surface area contributed by atoms with Crippen molar-refractivity contribution < 1.29 is 13.9 Å². The topological polar surface area (TPSA) is 68.3 Å². The van der Waals surface area contributed by atoms with E-state index in [1.165, 1.54) is 25.3 Å². The Bertz CT molecular complexity index is 939. The molecular weight excluding hydrogens is 335 g/mol. The molecule has 0 saturated carbocycles. The molecule has 24 heavy (non-hydrogen) atoms.